The van der Waals surface area contributed by atoms with Gasteiger partial charge in [0.25, 0.3) is 5.69 Å². The van der Waals surface area contributed by atoms with Crippen molar-refractivity contribution in [2.45, 2.75) is 0 Å². The van der Waals surface area contributed by atoms with E-state index in [0.29, 0.717) is 12.1 Å². The number of nitrogen functional groups attached to an aromatic ring is 1. The molecule has 0 unspecified atom stereocenters. The second kappa shape index (κ2) is 3.76. The van der Waals surface area contributed by atoms with Gasteiger partial charge in [-0.1, -0.05) is 0 Å². The van der Waals surface area contributed by atoms with Crippen LogP contribution in [0.4, 0.5) is 22.7 Å². The van der Waals surface area contributed by atoms with Gasteiger partial charge in [0.05, 0.1) is 26.9 Å². The molecule has 0 aliphatic rings. The third-order valence-corrected chi connectivity index (χ3v) is 1.73. The summed E-state index contributed by atoms with van der Waals surface area (Å²) in [4.78, 5) is 28.3. The van der Waals surface area contributed by atoms with Crippen LogP contribution >= 0.6 is 0 Å². The molecule has 0 aromatic heterocycles. The van der Waals surface area contributed by atoms with Gasteiger partial charge in [-0.05, 0) is 0 Å². The molecule has 0 heterocycles. The minimum absolute atomic E-state index is 0.572. The summed E-state index contributed by atoms with van der Waals surface area (Å²) < 4.78 is 0. The zero-order chi connectivity index (χ0) is 12.5. The minimum Gasteiger partial charge on any atom is -0.387 e. The molecule has 0 bridgehead atoms. The van der Waals surface area contributed by atoms with E-state index >= 15 is 0 Å². The highest BCUT2D eigenvalue weighted by Gasteiger charge is 2.28. The monoisotopic (exact) mass is 228 g/mol. The Hall–Kier alpha value is -2.78. The summed E-state index contributed by atoms with van der Waals surface area (Å²) in [5.74, 6) is 0. The van der Waals surface area contributed by atoms with Crippen molar-refractivity contribution in [3.8, 4) is 0 Å². The Morgan fingerprint density at radius 1 is 0.875 bits per heavy atom. The first-order chi connectivity index (χ1) is 7.34. The molecule has 0 amide bonds. The fraction of sp³-hybridized carbons (Fsp3) is 0. The highest BCUT2D eigenvalue weighted by molar-refractivity contribution is 5.74. The molecule has 0 saturated heterocycles. The van der Waals surface area contributed by atoms with Crippen LogP contribution in [0.5, 0.6) is 0 Å². The molecular weight excluding hydrogens is 224 g/mol. The van der Waals surface area contributed by atoms with Crippen LogP contribution in [0.3, 0.4) is 0 Å². The van der Waals surface area contributed by atoms with Crippen LogP contribution in [0.15, 0.2) is 12.1 Å². The van der Waals surface area contributed by atoms with Gasteiger partial charge < -0.3 is 5.73 Å². The number of nitro benzene ring substituents is 3. The zero-order valence-corrected chi connectivity index (χ0v) is 7.52. The Balaban J connectivity index is 3.57. The molecule has 10 heteroatoms. The van der Waals surface area contributed by atoms with Crippen molar-refractivity contribution >= 4 is 22.7 Å². The average Bonchev–Trinajstić information content (AvgIpc) is 2.16. The van der Waals surface area contributed by atoms with Crippen molar-refractivity contribution in [1.29, 1.82) is 0 Å². The molecule has 0 radical (unpaired) electrons. The number of nitrogens with zero attached hydrogens (tertiary/aromatic N) is 3. The maximum atomic E-state index is 10.5. The quantitative estimate of drug-likeness (QED) is 0.459. The van der Waals surface area contributed by atoms with Crippen LogP contribution in [0, 0.1) is 30.3 Å². The number of benzene rings is 1. The normalized spacial score (nSPS) is 9.75. The molecule has 0 spiro atoms. The summed E-state index contributed by atoms with van der Waals surface area (Å²) in [6.45, 7) is 0. The van der Waals surface area contributed by atoms with E-state index in [2.05, 4.69) is 0 Å². The van der Waals surface area contributed by atoms with E-state index in [1.807, 2.05) is 0 Å². The van der Waals surface area contributed by atoms with Crippen molar-refractivity contribution in [3.63, 3.8) is 0 Å². The van der Waals surface area contributed by atoms with Gasteiger partial charge >= 0.3 is 11.4 Å². The lowest BCUT2D eigenvalue weighted by molar-refractivity contribution is -0.401. The summed E-state index contributed by atoms with van der Waals surface area (Å²) in [6.07, 6.45) is 0. The predicted molar refractivity (Wildman–Crippen MR) is 50.8 cm³/mol. The van der Waals surface area contributed by atoms with E-state index in [0.717, 1.165) is 0 Å². The third-order valence-electron chi connectivity index (χ3n) is 1.73. The maximum Gasteiger partial charge on any atom is 0.306 e. The topological polar surface area (TPSA) is 155 Å². The van der Waals surface area contributed by atoms with Crippen LogP contribution in [0.25, 0.3) is 0 Å². The van der Waals surface area contributed by atoms with Gasteiger partial charge in [-0.15, -0.1) is 0 Å². The SMILES string of the molecule is Nc1c([N+](=O)[O-])cc([N+](=O)[O-])cc1[N+](=O)[O-]. The number of non-ortho nitro benzene ring substituents is 1. The summed E-state index contributed by atoms with van der Waals surface area (Å²) in [6, 6.07) is 1.14. The largest absolute Gasteiger partial charge is 0.387 e. The lowest BCUT2D eigenvalue weighted by Gasteiger charge is -1.98. The molecule has 84 valence electrons. The lowest BCUT2D eigenvalue weighted by atomic mass is 10.2. The Morgan fingerprint density at radius 2 is 1.25 bits per heavy atom. The summed E-state index contributed by atoms with van der Waals surface area (Å²) in [5, 5.41) is 31.3. The Bertz CT molecular complexity index is 463. The van der Waals surface area contributed by atoms with Gasteiger partial charge in [0.2, 0.25) is 0 Å². The van der Waals surface area contributed by atoms with Crippen LogP contribution in [0.2, 0.25) is 0 Å². The van der Waals surface area contributed by atoms with Gasteiger partial charge in [0.15, 0.2) is 5.69 Å². The highest BCUT2D eigenvalue weighted by atomic mass is 16.6. The number of rotatable bonds is 3. The smallest absolute Gasteiger partial charge is 0.306 e. The molecule has 2 N–H and O–H groups in total. The van der Waals surface area contributed by atoms with E-state index in [1.54, 1.807) is 0 Å². The van der Waals surface area contributed by atoms with Crippen molar-refractivity contribution in [3.05, 3.63) is 42.5 Å². The molecule has 0 fully saturated rings. The molecule has 0 aliphatic carbocycles. The standard InChI is InChI=1S/C6H4N4O6/c7-6-4(9(13)14)1-3(8(11)12)2-5(6)10(15)16/h1-2H,7H2. The Kier molecular flexibility index (Phi) is 2.66. The molecule has 1 aromatic carbocycles. The summed E-state index contributed by atoms with van der Waals surface area (Å²) in [7, 11) is 0. The molecule has 0 aliphatic heterocycles. The molecule has 0 atom stereocenters. The van der Waals surface area contributed by atoms with Crippen LogP contribution in [0.1, 0.15) is 0 Å². The number of hydrogen-bond acceptors (Lipinski definition) is 7. The van der Waals surface area contributed by atoms with Crippen molar-refractivity contribution < 1.29 is 14.8 Å². The predicted octanol–water partition coefficient (Wildman–Crippen LogP) is 0.993. The fourth-order valence-corrected chi connectivity index (χ4v) is 1.02. The van der Waals surface area contributed by atoms with Crippen LogP contribution in [-0.4, -0.2) is 14.8 Å². The fourth-order valence-electron chi connectivity index (χ4n) is 1.02. The van der Waals surface area contributed by atoms with Gasteiger partial charge in [0.1, 0.15) is 0 Å². The van der Waals surface area contributed by atoms with E-state index in [4.69, 9.17) is 5.73 Å². The van der Waals surface area contributed by atoms with Crippen molar-refractivity contribution in [2.24, 2.45) is 0 Å². The van der Waals surface area contributed by atoms with Crippen LogP contribution < -0.4 is 5.73 Å². The van der Waals surface area contributed by atoms with Gasteiger partial charge in [-0.2, -0.15) is 0 Å². The second-order valence-electron chi connectivity index (χ2n) is 2.67. The van der Waals surface area contributed by atoms with Crippen LogP contribution in [-0.2, 0) is 0 Å². The summed E-state index contributed by atoms with van der Waals surface area (Å²) in [5.41, 5.74) is 1.96. The van der Waals surface area contributed by atoms with Gasteiger partial charge in [-0.25, -0.2) is 0 Å². The summed E-state index contributed by atoms with van der Waals surface area (Å²) >= 11 is 0. The second-order valence-corrected chi connectivity index (χ2v) is 2.67. The number of nitro groups is 3. The number of anilines is 1. The number of nitrogens with two attached hydrogens (primary N) is 1. The Morgan fingerprint density at radius 3 is 1.50 bits per heavy atom. The zero-order valence-electron chi connectivity index (χ0n) is 7.52. The first-order valence-electron chi connectivity index (χ1n) is 3.71. The Labute approximate surface area is 86.7 Å². The highest BCUT2D eigenvalue weighted by Crippen LogP contribution is 2.35. The minimum atomic E-state index is -1.02. The lowest BCUT2D eigenvalue weighted by Crippen LogP contribution is -2.02. The molecule has 0 saturated carbocycles. The van der Waals surface area contributed by atoms with Crippen molar-refractivity contribution in [1.82, 2.24) is 0 Å². The third kappa shape index (κ3) is 1.84. The average molecular weight is 228 g/mol. The van der Waals surface area contributed by atoms with E-state index in [-0.39, 0.29) is 0 Å². The van der Waals surface area contributed by atoms with E-state index in [9.17, 15) is 30.3 Å². The first-order valence-corrected chi connectivity index (χ1v) is 3.71. The van der Waals surface area contributed by atoms with Gasteiger partial charge in [-0.3, -0.25) is 30.3 Å². The molecule has 16 heavy (non-hydrogen) atoms. The number of hydrogen-bond donors (Lipinski definition) is 1. The van der Waals surface area contributed by atoms with Gasteiger partial charge in [0, 0.05) is 0 Å². The van der Waals surface area contributed by atoms with E-state index in [1.165, 1.54) is 0 Å². The van der Waals surface area contributed by atoms with Crippen molar-refractivity contribution in [2.75, 3.05) is 5.73 Å². The molecule has 10 nitrogen and oxygen atoms in total. The molecule has 1 rings (SSSR count). The maximum absolute atomic E-state index is 10.5. The molecular formula is C6H4N4O6. The molecule has 1 aromatic rings. The van der Waals surface area contributed by atoms with E-state index < -0.39 is 37.5 Å². The first kappa shape index (κ1) is 11.3.